The van der Waals surface area contributed by atoms with Crippen LogP contribution in [-0.4, -0.2) is 10.2 Å². The summed E-state index contributed by atoms with van der Waals surface area (Å²) in [5, 5.41) is 6.22. The Kier molecular flexibility index (Phi) is 2.66. The maximum Gasteiger partial charge on any atom is 0.138 e. The van der Waals surface area contributed by atoms with Crippen molar-refractivity contribution in [3.63, 3.8) is 0 Å². The van der Waals surface area contributed by atoms with Gasteiger partial charge in [0.2, 0.25) is 0 Å². The number of nitrogens with one attached hydrogen (secondary N) is 1. The summed E-state index contributed by atoms with van der Waals surface area (Å²) in [5.41, 5.74) is 5.56. The van der Waals surface area contributed by atoms with Gasteiger partial charge in [-0.25, -0.2) is 13.2 Å². The Hall–Kier alpha value is -1.82. The van der Waals surface area contributed by atoms with Crippen molar-refractivity contribution in [2.24, 2.45) is 5.73 Å². The van der Waals surface area contributed by atoms with E-state index in [9.17, 15) is 13.2 Å². The molecule has 0 amide bonds. The summed E-state index contributed by atoms with van der Waals surface area (Å²) < 4.78 is 39.4. The number of nitrogens with zero attached hydrogens (tertiary/aromatic N) is 1. The van der Waals surface area contributed by atoms with E-state index in [1.807, 2.05) is 0 Å². The molecule has 0 saturated heterocycles. The minimum Gasteiger partial charge on any atom is -0.325 e. The highest BCUT2D eigenvalue weighted by molar-refractivity contribution is 5.60. The summed E-state index contributed by atoms with van der Waals surface area (Å²) in [7, 11) is 0. The predicted molar refractivity (Wildman–Crippen MR) is 51.8 cm³/mol. The third-order valence-corrected chi connectivity index (χ3v) is 2.11. The number of aromatic nitrogens is 2. The van der Waals surface area contributed by atoms with Gasteiger partial charge in [-0.2, -0.15) is 5.10 Å². The summed E-state index contributed by atoms with van der Waals surface area (Å²) in [4.78, 5) is 0. The summed E-state index contributed by atoms with van der Waals surface area (Å²) >= 11 is 0. The van der Waals surface area contributed by atoms with E-state index < -0.39 is 17.5 Å². The molecule has 1 aromatic heterocycles. The normalized spacial score (nSPS) is 10.8. The van der Waals surface area contributed by atoms with Crippen LogP contribution in [0.5, 0.6) is 0 Å². The SMILES string of the molecule is NCc1cc(-c2c(F)cc(F)cc2F)n[nH]1. The first-order valence-corrected chi connectivity index (χ1v) is 4.51. The molecule has 2 aromatic rings. The van der Waals surface area contributed by atoms with Gasteiger partial charge < -0.3 is 5.73 Å². The van der Waals surface area contributed by atoms with Crippen LogP contribution < -0.4 is 5.73 Å². The molecule has 3 nitrogen and oxygen atoms in total. The van der Waals surface area contributed by atoms with Crippen molar-refractivity contribution in [1.29, 1.82) is 0 Å². The molecule has 0 aliphatic rings. The van der Waals surface area contributed by atoms with Crippen LogP contribution in [0.25, 0.3) is 11.3 Å². The molecule has 0 radical (unpaired) electrons. The fourth-order valence-corrected chi connectivity index (χ4v) is 1.38. The second-order valence-electron chi connectivity index (χ2n) is 3.23. The molecule has 0 spiro atoms. The lowest BCUT2D eigenvalue weighted by Crippen LogP contribution is -1.95. The Morgan fingerprint density at radius 2 is 1.75 bits per heavy atom. The molecule has 0 unspecified atom stereocenters. The minimum absolute atomic E-state index is 0.0652. The molecule has 0 aliphatic carbocycles. The highest BCUT2D eigenvalue weighted by Crippen LogP contribution is 2.25. The molecular weight excluding hydrogens is 219 g/mol. The zero-order valence-electron chi connectivity index (χ0n) is 8.10. The number of rotatable bonds is 2. The molecule has 1 aromatic carbocycles. The Labute approximate surface area is 89.1 Å². The van der Waals surface area contributed by atoms with Gasteiger partial charge in [-0.05, 0) is 6.07 Å². The summed E-state index contributed by atoms with van der Waals surface area (Å²) in [6, 6.07) is 2.63. The van der Waals surface area contributed by atoms with Gasteiger partial charge in [0.15, 0.2) is 0 Å². The average Bonchev–Trinajstić information content (AvgIpc) is 2.64. The van der Waals surface area contributed by atoms with E-state index in [0.29, 0.717) is 17.8 Å². The van der Waals surface area contributed by atoms with Crippen molar-refractivity contribution in [2.75, 3.05) is 0 Å². The van der Waals surface area contributed by atoms with E-state index in [1.165, 1.54) is 6.07 Å². The van der Waals surface area contributed by atoms with Crippen molar-refractivity contribution >= 4 is 0 Å². The van der Waals surface area contributed by atoms with E-state index in [1.54, 1.807) is 0 Å². The van der Waals surface area contributed by atoms with E-state index in [2.05, 4.69) is 10.2 Å². The molecule has 84 valence electrons. The Bertz CT molecular complexity index is 499. The molecule has 0 saturated carbocycles. The molecule has 0 atom stereocenters. The van der Waals surface area contributed by atoms with Crippen molar-refractivity contribution in [3.8, 4) is 11.3 Å². The van der Waals surface area contributed by atoms with Crippen LogP contribution >= 0.6 is 0 Å². The molecule has 16 heavy (non-hydrogen) atoms. The molecule has 0 bridgehead atoms. The third-order valence-electron chi connectivity index (χ3n) is 2.11. The number of aromatic amines is 1. The number of hydrogen-bond acceptors (Lipinski definition) is 2. The summed E-state index contributed by atoms with van der Waals surface area (Å²) in [6.07, 6.45) is 0. The first kappa shape index (κ1) is 10.7. The summed E-state index contributed by atoms with van der Waals surface area (Å²) in [6.45, 7) is 0.178. The first-order chi connectivity index (χ1) is 7.61. The third kappa shape index (κ3) is 1.79. The minimum atomic E-state index is -0.993. The smallest absolute Gasteiger partial charge is 0.138 e. The van der Waals surface area contributed by atoms with Gasteiger partial charge in [-0.1, -0.05) is 0 Å². The lowest BCUT2D eigenvalue weighted by atomic mass is 10.1. The van der Waals surface area contributed by atoms with Crippen molar-refractivity contribution in [3.05, 3.63) is 41.3 Å². The van der Waals surface area contributed by atoms with Crippen molar-refractivity contribution < 1.29 is 13.2 Å². The topological polar surface area (TPSA) is 54.7 Å². The van der Waals surface area contributed by atoms with Gasteiger partial charge in [0.1, 0.15) is 17.5 Å². The molecule has 1 heterocycles. The van der Waals surface area contributed by atoms with E-state index in [4.69, 9.17) is 5.73 Å². The van der Waals surface area contributed by atoms with Crippen LogP contribution in [0.3, 0.4) is 0 Å². The molecule has 6 heteroatoms. The van der Waals surface area contributed by atoms with Crippen LogP contribution in [0.2, 0.25) is 0 Å². The first-order valence-electron chi connectivity index (χ1n) is 4.51. The monoisotopic (exact) mass is 227 g/mol. The lowest BCUT2D eigenvalue weighted by Gasteiger charge is -2.01. The maximum absolute atomic E-state index is 13.3. The van der Waals surface area contributed by atoms with Gasteiger partial charge >= 0.3 is 0 Å². The highest BCUT2D eigenvalue weighted by Gasteiger charge is 2.15. The predicted octanol–water partition coefficient (Wildman–Crippen LogP) is 1.95. The molecule has 0 fully saturated rings. The largest absolute Gasteiger partial charge is 0.325 e. The maximum atomic E-state index is 13.3. The fraction of sp³-hybridized carbons (Fsp3) is 0.100. The number of nitrogens with two attached hydrogens (primary N) is 1. The van der Waals surface area contributed by atoms with Crippen LogP contribution in [0.1, 0.15) is 5.69 Å². The van der Waals surface area contributed by atoms with E-state index in [0.717, 1.165) is 0 Å². The zero-order valence-corrected chi connectivity index (χ0v) is 8.10. The van der Waals surface area contributed by atoms with E-state index in [-0.39, 0.29) is 17.8 Å². The van der Waals surface area contributed by atoms with Gasteiger partial charge in [-0.3, -0.25) is 5.10 Å². The fourth-order valence-electron chi connectivity index (χ4n) is 1.38. The number of H-pyrrole nitrogens is 1. The Morgan fingerprint density at radius 3 is 2.25 bits per heavy atom. The Morgan fingerprint density at radius 1 is 1.12 bits per heavy atom. The van der Waals surface area contributed by atoms with Crippen LogP contribution in [0.15, 0.2) is 18.2 Å². The van der Waals surface area contributed by atoms with Gasteiger partial charge in [0.25, 0.3) is 0 Å². The van der Waals surface area contributed by atoms with Crippen molar-refractivity contribution in [2.45, 2.75) is 6.54 Å². The molecule has 0 aliphatic heterocycles. The zero-order chi connectivity index (χ0) is 11.7. The lowest BCUT2D eigenvalue weighted by molar-refractivity contribution is 0.547. The van der Waals surface area contributed by atoms with Gasteiger partial charge in [0.05, 0.1) is 11.3 Å². The quantitative estimate of drug-likeness (QED) is 0.823. The average molecular weight is 227 g/mol. The number of hydrogen-bond donors (Lipinski definition) is 2. The number of benzene rings is 1. The molecule has 2 rings (SSSR count). The van der Waals surface area contributed by atoms with Gasteiger partial charge in [-0.15, -0.1) is 0 Å². The van der Waals surface area contributed by atoms with Gasteiger partial charge in [0, 0.05) is 24.4 Å². The Balaban J connectivity index is 2.55. The van der Waals surface area contributed by atoms with Crippen LogP contribution in [0, 0.1) is 17.5 Å². The van der Waals surface area contributed by atoms with Crippen LogP contribution in [-0.2, 0) is 6.54 Å². The molecular formula is C10H8F3N3. The number of halogens is 3. The second-order valence-corrected chi connectivity index (χ2v) is 3.23. The van der Waals surface area contributed by atoms with Crippen molar-refractivity contribution in [1.82, 2.24) is 10.2 Å². The standard InChI is InChI=1S/C10H8F3N3/c11-5-1-7(12)10(8(13)2-5)9-3-6(4-14)15-16-9/h1-3H,4,14H2,(H,15,16). The van der Waals surface area contributed by atoms with Crippen LogP contribution in [0.4, 0.5) is 13.2 Å². The molecule has 3 N–H and O–H groups in total. The highest BCUT2D eigenvalue weighted by atomic mass is 19.1. The second kappa shape index (κ2) is 3.97. The van der Waals surface area contributed by atoms with E-state index >= 15 is 0 Å². The summed E-state index contributed by atoms with van der Waals surface area (Å²) in [5.74, 6) is -2.95.